The third-order valence-electron chi connectivity index (χ3n) is 5.13. The molecule has 2 aliphatic rings. The minimum atomic E-state index is -0.630. The first-order valence-corrected chi connectivity index (χ1v) is 9.21. The molecule has 0 N–H and O–H groups in total. The van der Waals surface area contributed by atoms with Crippen molar-refractivity contribution in [3.05, 3.63) is 41.4 Å². The van der Waals surface area contributed by atoms with E-state index in [1.807, 2.05) is 19.1 Å². The third kappa shape index (κ3) is 4.00. The summed E-state index contributed by atoms with van der Waals surface area (Å²) in [5.74, 6) is -1.37. The van der Waals surface area contributed by atoms with Gasteiger partial charge in [-0.15, -0.1) is 0 Å². The van der Waals surface area contributed by atoms with Gasteiger partial charge in [0.05, 0.1) is 6.61 Å². The van der Waals surface area contributed by atoms with Crippen LogP contribution < -0.4 is 0 Å². The average Bonchev–Trinajstić information content (AvgIpc) is 2.60. The lowest BCUT2D eigenvalue weighted by Crippen LogP contribution is -2.39. The molecule has 6 heteroatoms. The minimum absolute atomic E-state index is 0.0565. The lowest BCUT2D eigenvalue weighted by atomic mass is 9.67. The topological polar surface area (TPSA) is 77.9 Å². The second-order valence-corrected chi connectivity index (χ2v) is 7.96. The quantitative estimate of drug-likeness (QED) is 0.588. The highest BCUT2D eigenvalue weighted by atomic mass is 16.6. The van der Waals surface area contributed by atoms with Gasteiger partial charge in [0.1, 0.15) is 12.5 Å². The van der Waals surface area contributed by atoms with Crippen LogP contribution in [0.25, 0.3) is 0 Å². The summed E-state index contributed by atoms with van der Waals surface area (Å²) in [6.07, 6.45) is 4.56. The van der Waals surface area contributed by atoms with Gasteiger partial charge in [-0.05, 0) is 30.4 Å². The van der Waals surface area contributed by atoms with Crippen molar-refractivity contribution in [2.75, 3.05) is 20.3 Å². The molecule has 2 heterocycles. The van der Waals surface area contributed by atoms with Crippen molar-refractivity contribution < 1.29 is 19.1 Å². The number of allylic oxidation sites excluding steroid dienone is 2. The monoisotopic (exact) mass is 370 g/mol. The van der Waals surface area contributed by atoms with Gasteiger partial charge in [0.15, 0.2) is 5.78 Å². The number of pyridine rings is 1. The zero-order valence-electron chi connectivity index (χ0n) is 16.3. The fourth-order valence-corrected chi connectivity index (χ4v) is 3.99. The Kier molecular flexibility index (Phi) is 5.56. The maximum atomic E-state index is 13.0. The molecule has 0 amide bonds. The fourth-order valence-electron chi connectivity index (χ4n) is 3.99. The molecule has 1 aromatic rings. The molecule has 27 heavy (non-hydrogen) atoms. The number of aromatic nitrogens is 1. The van der Waals surface area contributed by atoms with Crippen molar-refractivity contribution in [2.45, 2.75) is 39.5 Å². The number of Topliss-reactive ketones (excluding diaryl/α,β-unsaturated/α-hetero) is 1. The fraction of sp³-hybridized carbons (Fsp3) is 0.524. The molecular weight excluding hydrogens is 344 g/mol. The summed E-state index contributed by atoms with van der Waals surface area (Å²) in [4.78, 5) is 34.8. The van der Waals surface area contributed by atoms with Gasteiger partial charge in [-0.2, -0.15) is 0 Å². The molecule has 1 aromatic heterocycles. The van der Waals surface area contributed by atoms with Gasteiger partial charge < -0.3 is 9.47 Å². The zero-order chi connectivity index (χ0) is 19.6. The molecule has 0 bridgehead atoms. The van der Waals surface area contributed by atoms with E-state index < -0.39 is 11.8 Å². The normalized spacial score (nSPS) is 24.3. The Labute approximate surface area is 159 Å². The lowest BCUT2D eigenvalue weighted by molar-refractivity contribution is -0.147. The van der Waals surface area contributed by atoms with Gasteiger partial charge in [0, 0.05) is 48.8 Å². The van der Waals surface area contributed by atoms with Crippen molar-refractivity contribution in [3.8, 4) is 0 Å². The van der Waals surface area contributed by atoms with Crippen molar-refractivity contribution in [2.24, 2.45) is 16.3 Å². The van der Waals surface area contributed by atoms with E-state index in [1.165, 1.54) is 0 Å². The summed E-state index contributed by atoms with van der Waals surface area (Å²) in [5, 5.41) is 0. The molecule has 1 aliphatic heterocycles. The first kappa shape index (κ1) is 19.4. The Hall–Kier alpha value is -2.34. The summed E-state index contributed by atoms with van der Waals surface area (Å²) in [7, 11) is 1.55. The van der Waals surface area contributed by atoms with E-state index in [2.05, 4.69) is 23.8 Å². The number of rotatable bonds is 5. The lowest BCUT2D eigenvalue weighted by Gasteiger charge is -2.38. The van der Waals surface area contributed by atoms with Crippen LogP contribution in [0.4, 0.5) is 0 Å². The van der Waals surface area contributed by atoms with Crippen LogP contribution in [-0.4, -0.2) is 42.8 Å². The molecule has 2 atom stereocenters. The Morgan fingerprint density at radius 2 is 2.07 bits per heavy atom. The molecule has 144 valence electrons. The first-order valence-electron chi connectivity index (χ1n) is 9.21. The van der Waals surface area contributed by atoms with Gasteiger partial charge >= 0.3 is 5.97 Å². The molecule has 1 aliphatic carbocycles. The molecule has 0 saturated heterocycles. The van der Waals surface area contributed by atoms with E-state index in [1.54, 1.807) is 19.5 Å². The minimum Gasteiger partial charge on any atom is -0.463 e. The second kappa shape index (κ2) is 7.72. The number of esters is 1. The summed E-state index contributed by atoms with van der Waals surface area (Å²) in [6.45, 7) is 6.48. The summed E-state index contributed by atoms with van der Waals surface area (Å²) >= 11 is 0. The molecule has 3 rings (SSSR count). The van der Waals surface area contributed by atoms with Crippen LogP contribution in [0.2, 0.25) is 0 Å². The highest BCUT2D eigenvalue weighted by molar-refractivity contribution is 6.09. The number of hydrogen-bond donors (Lipinski definition) is 0. The van der Waals surface area contributed by atoms with Crippen LogP contribution in [0.1, 0.15) is 45.1 Å². The highest BCUT2D eigenvalue weighted by Gasteiger charge is 2.46. The number of nitrogens with zero attached hydrogens (tertiary/aromatic N) is 2. The highest BCUT2D eigenvalue weighted by Crippen LogP contribution is 2.47. The smallest absolute Gasteiger partial charge is 0.315 e. The van der Waals surface area contributed by atoms with E-state index in [0.717, 1.165) is 11.3 Å². The molecule has 0 radical (unpaired) electrons. The van der Waals surface area contributed by atoms with Crippen LogP contribution >= 0.6 is 0 Å². The Morgan fingerprint density at radius 3 is 2.74 bits per heavy atom. The van der Waals surface area contributed by atoms with Crippen molar-refractivity contribution in [1.82, 2.24) is 4.98 Å². The number of methoxy groups -OCH3 is 1. The number of ether oxygens (including phenoxy) is 2. The van der Waals surface area contributed by atoms with E-state index in [-0.39, 0.29) is 23.8 Å². The molecule has 6 nitrogen and oxygen atoms in total. The molecule has 0 fully saturated rings. The van der Waals surface area contributed by atoms with Gasteiger partial charge in [-0.3, -0.25) is 19.6 Å². The standard InChI is InChI=1S/C21H26N2O4/c1-13-17(20(25)27-9-8-26-4)18(14-6-5-7-22-12-14)19-15(23-13)10-21(2,3)11-16(19)24/h5-7,12,17-18H,8-11H2,1-4H3/t17?,18-/m1/s1. The number of carbonyl (C=O) groups excluding carboxylic acids is 2. The van der Waals surface area contributed by atoms with Crippen LogP contribution in [0.5, 0.6) is 0 Å². The third-order valence-corrected chi connectivity index (χ3v) is 5.13. The van der Waals surface area contributed by atoms with Crippen LogP contribution in [0, 0.1) is 11.3 Å². The van der Waals surface area contributed by atoms with Gasteiger partial charge in [0.25, 0.3) is 0 Å². The van der Waals surface area contributed by atoms with Crippen molar-refractivity contribution >= 4 is 17.5 Å². The molecule has 0 saturated carbocycles. The molecule has 0 spiro atoms. The Bertz CT molecular complexity index is 796. The average molecular weight is 370 g/mol. The maximum absolute atomic E-state index is 13.0. The predicted octanol–water partition coefficient (Wildman–Crippen LogP) is 3.09. The first-order chi connectivity index (χ1) is 12.8. The maximum Gasteiger partial charge on any atom is 0.315 e. The second-order valence-electron chi connectivity index (χ2n) is 7.96. The number of aliphatic imine (C=N–C) groups is 1. The summed E-state index contributed by atoms with van der Waals surface area (Å²) in [6, 6.07) is 3.73. The Morgan fingerprint density at radius 1 is 1.30 bits per heavy atom. The number of hydrogen-bond acceptors (Lipinski definition) is 6. The van der Waals surface area contributed by atoms with E-state index in [4.69, 9.17) is 9.47 Å². The van der Waals surface area contributed by atoms with Gasteiger partial charge in [0.2, 0.25) is 0 Å². The van der Waals surface area contributed by atoms with E-state index >= 15 is 0 Å². The van der Waals surface area contributed by atoms with Crippen molar-refractivity contribution in [1.29, 1.82) is 0 Å². The molecule has 0 aromatic carbocycles. The largest absolute Gasteiger partial charge is 0.463 e. The zero-order valence-corrected chi connectivity index (χ0v) is 16.3. The SMILES string of the molecule is COCCOC(=O)C1C(C)=NC2=C(C(=O)CC(C)(C)C2)[C@@H]1c1cccnc1. The van der Waals surface area contributed by atoms with E-state index in [9.17, 15) is 9.59 Å². The number of ketones is 1. The van der Waals surface area contributed by atoms with Crippen LogP contribution in [-0.2, 0) is 19.1 Å². The molecule has 1 unspecified atom stereocenters. The van der Waals surface area contributed by atoms with Gasteiger partial charge in [-0.1, -0.05) is 19.9 Å². The predicted molar refractivity (Wildman–Crippen MR) is 101 cm³/mol. The summed E-state index contributed by atoms with van der Waals surface area (Å²) in [5.41, 5.74) is 2.81. The van der Waals surface area contributed by atoms with E-state index in [0.29, 0.717) is 30.7 Å². The number of carbonyl (C=O) groups is 2. The summed E-state index contributed by atoms with van der Waals surface area (Å²) < 4.78 is 10.4. The Balaban J connectivity index is 2.05. The molecular formula is C21H26N2O4. The van der Waals surface area contributed by atoms with Crippen LogP contribution in [0.3, 0.4) is 0 Å². The van der Waals surface area contributed by atoms with Gasteiger partial charge in [-0.25, -0.2) is 0 Å². The van der Waals surface area contributed by atoms with Crippen LogP contribution in [0.15, 0.2) is 40.8 Å². The van der Waals surface area contributed by atoms with Crippen molar-refractivity contribution in [3.63, 3.8) is 0 Å².